The molecule has 0 radical (unpaired) electrons. The van der Waals surface area contributed by atoms with E-state index >= 15 is 0 Å². The Kier molecular flexibility index (Phi) is 6.25. The zero-order chi connectivity index (χ0) is 14.4. The van der Waals surface area contributed by atoms with E-state index in [1.165, 1.54) is 6.07 Å². The summed E-state index contributed by atoms with van der Waals surface area (Å²) >= 11 is 0. The van der Waals surface area contributed by atoms with Gasteiger partial charge in [0.05, 0.1) is 6.10 Å². The van der Waals surface area contributed by atoms with Crippen molar-refractivity contribution in [2.24, 2.45) is 0 Å². The molecule has 0 saturated heterocycles. The summed E-state index contributed by atoms with van der Waals surface area (Å²) in [5.74, 6) is -0.335. The van der Waals surface area contributed by atoms with Crippen molar-refractivity contribution in [3.8, 4) is 0 Å². The van der Waals surface area contributed by atoms with Gasteiger partial charge in [-0.25, -0.2) is 4.39 Å². The second-order valence-electron chi connectivity index (χ2n) is 5.09. The Bertz CT molecular complexity index is 394. The summed E-state index contributed by atoms with van der Waals surface area (Å²) in [5, 5.41) is 9.77. The molecule has 0 fully saturated rings. The maximum atomic E-state index is 13.9. The normalized spacial score (nSPS) is 12.8. The topological polar surface area (TPSA) is 26.7 Å². The molecule has 0 unspecified atom stereocenters. The van der Waals surface area contributed by atoms with Crippen LogP contribution in [0.2, 0.25) is 0 Å². The molecule has 1 N–H and O–H groups in total. The summed E-state index contributed by atoms with van der Waals surface area (Å²) in [5.41, 5.74) is 1.20. The predicted octanol–water partition coefficient (Wildman–Crippen LogP) is 2.66. The summed E-state index contributed by atoms with van der Waals surface area (Å²) in [6.45, 7) is 6.31. The first-order valence-electron chi connectivity index (χ1n) is 6.83. The molecule has 1 rings (SSSR count). The number of anilines is 1. The number of aliphatic hydroxyl groups is 1. The SMILES string of the molecule is CCN(CCCN(C)C)c1cccc(F)c1[C@H](C)O. The molecule has 0 heterocycles. The standard InChI is InChI=1S/C15H25FN2O/c1-5-18(11-7-10-17(3)4)14-9-6-8-13(16)15(14)12(2)19/h6,8-9,12,19H,5,7,10-11H2,1-4H3/t12-/m0/s1. The summed E-state index contributed by atoms with van der Waals surface area (Å²) in [6.07, 6.45) is 0.218. The summed E-state index contributed by atoms with van der Waals surface area (Å²) in [6, 6.07) is 4.98. The number of halogens is 1. The number of hydrogen-bond acceptors (Lipinski definition) is 3. The quantitative estimate of drug-likeness (QED) is 0.823. The minimum atomic E-state index is -0.793. The fraction of sp³-hybridized carbons (Fsp3) is 0.600. The zero-order valence-corrected chi connectivity index (χ0v) is 12.4. The molecule has 0 aromatic heterocycles. The van der Waals surface area contributed by atoms with E-state index in [1.807, 2.05) is 27.1 Å². The molecular weight excluding hydrogens is 243 g/mol. The first-order valence-corrected chi connectivity index (χ1v) is 6.83. The van der Waals surface area contributed by atoms with Crippen molar-refractivity contribution < 1.29 is 9.50 Å². The van der Waals surface area contributed by atoms with E-state index in [-0.39, 0.29) is 5.82 Å². The van der Waals surface area contributed by atoms with E-state index in [1.54, 1.807) is 13.0 Å². The van der Waals surface area contributed by atoms with Gasteiger partial charge in [-0.1, -0.05) is 6.07 Å². The number of benzene rings is 1. The van der Waals surface area contributed by atoms with Gasteiger partial charge in [-0.2, -0.15) is 0 Å². The summed E-state index contributed by atoms with van der Waals surface area (Å²) in [7, 11) is 4.08. The lowest BCUT2D eigenvalue weighted by molar-refractivity contribution is 0.194. The van der Waals surface area contributed by atoms with Crippen molar-refractivity contribution in [1.29, 1.82) is 0 Å². The molecule has 1 aromatic carbocycles. The average Bonchev–Trinajstić information content (AvgIpc) is 2.33. The van der Waals surface area contributed by atoms with Crippen LogP contribution in [0.3, 0.4) is 0 Å². The van der Waals surface area contributed by atoms with E-state index in [0.29, 0.717) is 5.56 Å². The lowest BCUT2D eigenvalue weighted by Crippen LogP contribution is -2.28. The molecule has 4 heteroatoms. The van der Waals surface area contributed by atoms with Crippen molar-refractivity contribution in [3.63, 3.8) is 0 Å². The van der Waals surface area contributed by atoms with Gasteiger partial charge in [-0.05, 0) is 53.0 Å². The van der Waals surface area contributed by atoms with Crippen molar-refractivity contribution in [2.75, 3.05) is 38.6 Å². The molecule has 1 aromatic rings. The third kappa shape index (κ3) is 4.48. The fourth-order valence-electron chi connectivity index (χ4n) is 2.24. The van der Waals surface area contributed by atoms with E-state index in [0.717, 1.165) is 31.7 Å². The lowest BCUT2D eigenvalue weighted by atomic mass is 10.1. The van der Waals surface area contributed by atoms with Gasteiger partial charge in [0.15, 0.2) is 0 Å². The van der Waals surface area contributed by atoms with Crippen molar-refractivity contribution in [2.45, 2.75) is 26.4 Å². The molecule has 3 nitrogen and oxygen atoms in total. The second-order valence-corrected chi connectivity index (χ2v) is 5.09. The number of rotatable bonds is 7. The van der Waals surface area contributed by atoms with Crippen molar-refractivity contribution >= 4 is 5.69 Å². The van der Waals surface area contributed by atoms with Crippen LogP contribution in [0, 0.1) is 5.82 Å². The van der Waals surface area contributed by atoms with Gasteiger partial charge in [-0.3, -0.25) is 0 Å². The predicted molar refractivity (Wildman–Crippen MR) is 78.1 cm³/mol. The van der Waals surface area contributed by atoms with Gasteiger partial charge < -0.3 is 14.9 Å². The van der Waals surface area contributed by atoms with Crippen LogP contribution in [0.15, 0.2) is 18.2 Å². The first-order chi connectivity index (χ1) is 8.97. The third-order valence-corrected chi connectivity index (χ3v) is 3.20. The molecule has 0 bridgehead atoms. The van der Waals surface area contributed by atoms with Gasteiger partial charge >= 0.3 is 0 Å². The highest BCUT2D eigenvalue weighted by Gasteiger charge is 2.17. The lowest BCUT2D eigenvalue weighted by Gasteiger charge is -2.27. The first kappa shape index (κ1) is 15.9. The fourth-order valence-corrected chi connectivity index (χ4v) is 2.24. The second kappa shape index (κ2) is 7.46. The molecule has 0 aliphatic heterocycles. The molecule has 0 saturated carbocycles. The Morgan fingerprint density at radius 2 is 1.95 bits per heavy atom. The van der Waals surface area contributed by atoms with Gasteiger partial charge in [0.2, 0.25) is 0 Å². The smallest absolute Gasteiger partial charge is 0.131 e. The number of nitrogens with zero attached hydrogens (tertiary/aromatic N) is 2. The van der Waals surface area contributed by atoms with Crippen LogP contribution in [0.1, 0.15) is 31.9 Å². The van der Waals surface area contributed by atoms with Crippen LogP contribution >= 0.6 is 0 Å². The van der Waals surface area contributed by atoms with Crippen LogP contribution in [0.5, 0.6) is 0 Å². The largest absolute Gasteiger partial charge is 0.389 e. The Balaban J connectivity index is 2.89. The highest BCUT2D eigenvalue weighted by molar-refractivity contribution is 5.55. The molecule has 108 valence electrons. The molecule has 19 heavy (non-hydrogen) atoms. The summed E-state index contributed by atoms with van der Waals surface area (Å²) in [4.78, 5) is 4.25. The molecule has 0 amide bonds. The maximum Gasteiger partial charge on any atom is 0.131 e. The van der Waals surface area contributed by atoms with Gasteiger partial charge in [0.25, 0.3) is 0 Å². The van der Waals surface area contributed by atoms with Crippen LogP contribution in [-0.2, 0) is 0 Å². The van der Waals surface area contributed by atoms with Crippen LogP contribution in [0.25, 0.3) is 0 Å². The van der Waals surface area contributed by atoms with Crippen molar-refractivity contribution in [3.05, 3.63) is 29.6 Å². The van der Waals surface area contributed by atoms with Gasteiger partial charge in [-0.15, -0.1) is 0 Å². The summed E-state index contributed by atoms with van der Waals surface area (Å²) < 4.78 is 13.9. The Labute approximate surface area is 115 Å². The third-order valence-electron chi connectivity index (χ3n) is 3.20. The Morgan fingerprint density at radius 1 is 1.26 bits per heavy atom. The number of hydrogen-bond donors (Lipinski definition) is 1. The van der Waals surface area contributed by atoms with E-state index in [4.69, 9.17) is 0 Å². The Hall–Kier alpha value is -1.13. The highest BCUT2D eigenvalue weighted by atomic mass is 19.1. The number of aliphatic hydroxyl groups excluding tert-OH is 1. The van der Waals surface area contributed by atoms with Crippen LogP contribution in [0.4, 0.5) is 10.1 Å². The molecule has 0 aliphatic rings. The van der Waals surface area contributed by atoms with E-state index < -0.39 is 6.10 Å². The zero-order valence-electron chi connectivity index (χ0n) is 12.4. The minimum absolute atomic E-state index is 0.335. The monoisotopic (exact) mass is 268 g/mol. The van der Waals surface area contributed by atoms with Gasteiger partial charge in [0.1, 0.15) is 5.82 Å². The van der Waals surface area contributed by atoms with Gasteiger partial charge in [0, 0.05) is 24.3 Å². The van der Waals surface area contributed by atoms with E-state index in [2.05, 4.69) is 9.80 Å². The van der Waals surface area contributed by atoms with Crippen LogP contribution < -0.4 is 4.90 Å². The Morgan fingerprint density at radius 3 is 2.47 bits per heavy atom. The highest BCUT2D eigenvalue weighted by Crippen LogP contribution is 2.28. The minimum Gasteiger partial charge on any atom is -0.389 e. The maximum absolute atomic E-state index is 13.9. The molecular formula is C15H25FN2O. The van der Waals surface area contributed by atoms with E-state index in [9.17, 15) is 9.50 Å². The van der Waals surface area contributed by atoms with Crippen molar-refractivity contribution in [1.82, 2.24) is 4.90 Å². The average molecular weight is 268 g/mol. The molecule has 1 atom stereocenters. The molecule has 0 spiro atoms. The van der Waals surface area contributed by atoms with Crippen LogP contribution in [-0.4, -0.2) is 43.7 Å². The molecule has 0 aliphatic carbocycles.